The zero-order valence-electron chi connectivity index (χ0n) is 15.0. The average molecular weight is 325 g/mol. The smallest absolute Gasteiger partial charge is 0.191 e. The van der Waals surface area contributed by atoms with Crippen LogP contribution in [-0.2, 0) is 9.47 Å². The van der Waals surface area contributed by atoms with E-state index >= 15 is 0 Å². The molecule has 5 heteroatoms. The quantitative estimate of drug-likeness (QED) is 0.409. The van der Waals surface area contributed by atoms with E-state index in [0.717, 1.165) is 57.7 Å². The van der Waals surface area contributed by atoms with E-state index in [1.165, 1.54) is 32.1 Å². The Balaban J connectivity index is 1.49. The van der Waals surface area contributed by atoms with Gasteiger partial charge in [-0.1, -0.05) is 13.3 Å². The molecule has 1 saturated carbocycles. The van der Waals surface area contributed by atoms with Gasteiger partial charge in [0.2, 0.25) is 0 Å². The van der Waals surface area contributed by atoms with Crippen molar-refractivity contribution in [1.82, 2.24) is 10.6 Å². The Hall–Kier alpha value is -0.810. The van der Waals surface area contributed by atoms with Gasteiger partial charge in [-0.3, -0.25) is 4.99 Å². The highest BCUT2D eigenvalue weighted by Gasteiger charge is 2.20. The van der Waals surface area contributed by atoms with Crippen molar-refractivity contribution in [1.29, 1.82) is 0 Å². The number of hydrogen-bond acceptors (Lipinski definition) is 3. The van der Waals surface area contributed by atoms with Crippen LogP contribution in [-0.4, -0.2) is 52.0 Å². The van der Waals surface area contributed by atoms with Crippen LogP contribution in [0, 0.1) is 11.8 Å². The van der Waals surface area contributed by atoms with Gasteiger partial charge in [-0.15, -0.1) is 0 Å². The zero-order chi connectivity index (χ0) is 16.3. The number of guanidine groups is 1. The van der Waals surface area contributed by atoms with E-state index < -0.39 is 0 Å². The number of nitrogens with zero attached hydrogens (tertiary/aromatic N) is 1. The van der Waals surface area contributed by atoms with Gasteiger partial charge in [-0.25, -0.2) is 0 Å². The third kappa shape index (κ3) is 7.08. The van der Waals surface area contributed by atoms with Crippen molar-refractivity contribution < 1.29 is 9.47 Å². The molecule has 0 aromatic heterocycles. The summed E-state index contributed by atoms with van der Waals surface area (Å²) in [5.41, 5.74) is 0. The van der Waals surface area contributed by atoms with Gasteiger partial charge in [-0.05, 0) is 44.4 Å². The molecule has 1 atom stereocenters. The molecule has 0 amide bonds. The maximum absolute atomic E-state index is 5.73. The number of aliphatic imine (C=N–C) groups is 1. The summed E-state index contributed by atoms with van der Waals surface area (Å²) in [5, 5.41) is 6.97. The van der Waals surface area contributed by atoms with Gasteiger partial charge >= 0.3 is 0 Å². The second-order valence-corrected chi connectivity index (χ2v) is 6.93. The Morgan fingerprint density at radius 3 is 2.65 bits per heavy atom. The molecule has 0 bridgehead atoms. The van der Waals surface area contributed by atoms with Crippen molar-refractivity contribution in [2.24, 2.45) is 16.8 Å². The fourth-order valence-electron chi connectivity index (χ4n) is 3.45. The zero-order valence-corrected chi connectivity index (χ0v) is 15.0. The minimum atomic E-state index is 0.586. The van der Waals surface area contributed by atoms with Gasteiger partial charge < -0.3 is 20.1 Å². The van der Waals surface area contributed by atoms with E-state index in [9.17, 15) is 0 Å². The SMILES string of the molecule is CCC1CCC(NC(=NC)NCCCOCC2CCOC2)CC1. The van der Waals surface area contributed by atoms with Gasteiger partial charge in [0.25, 0.3) is 0 Å². The molecule has 1 aliphatic carbocycles. The predicted octanol–water partition coefficient (Wildman–Crippen LogP) is 2.56. The molecular formula is C18H35N3O2. The molecular weight excluding hydrogens is 290 g/mol. The van der Waals surface area contributed by atoms with Gasteiger partial charge in [0.1, 0.15) is 0 Å². The summed E-state index contributed by atoms with van der Waals surface area (Å²) in [6.07, 6.45) is 8.73. The lowest BCUT2D eigenvalue weighted by Crippen LogP contribution is -2.45. The number of rotatable bonds is 8. The lowest BCUT2D eigenvalue weighted by Gasteiger charge is -2.29. The van der Waals surface area contributed by atoms with Gasteiger partial charge in [-0.2, -0.15) is 0 Å². The highest BCUT2D eigenvalue weighted by atomic mass is 16.5. The number of nitrogens with one attached hydrogen (secondary N) is 2. The third-order valence-electron chi connectivity index (χ3n) is 5.12. The van der Waals surface area contributed by atoms with E-state index in [4.69, 9.17) is 9.47 Å². The summed E-state index contributed by atoms with van der Waals surface area (Å²) < 4.78 is 11.1. The van der Waals surface area contributed by atoms with Crippen LogP contribution >= 0.6 is 0 Å². The average Bonchev–Trinajstić information content (AvgIpc) is 3.11. The van der Waals surface area contributed by atoms with Crippen LogP contribution in [0.3, 0.4) is 0 Å². The van der Waals surface area contributed by atoms with Gasteiger partial charge in [0.05, 0.1) is 13.2 Å². The molecule has 1 heterocycles. The van der Waals surface area contributed by atoms with Crippen molar-refractivity contribution in [3.63, 3.8) is 0 Å². The second-order valence-electron chi connectivity index (χ2n) is 6.93. The molecule has 23 heavy (non-hydrogen) atoms. The maximum atomic E-state index is 5.73. The van der Waals surface area contributed by atoms with Crippen LogP contribution in [0.1, 0.15) is 51.9 Å². The van der Waals surface area contributed by atoms with Gasteiger partial charge in [0, 0.05) is 38.8 Å². The van der Waals surface area contributed by atoms with Crippen molar-refractivity contribution in [3.8, 4) is 0 Å². The van der Waals surface area contributed by atoms with Crippen molar-refractivity contribution in [3.05, 3.63) is 0 Å². The molecule has 5 nitrogen and oxygen atoms in total. The fourth-order valence-corrected chi connectivity index (χ4v) is 3.45. The lowest BCUT2D eigenvalue weighted by atomic mass is 9.84. The Morgan fingerprint density at radius 1 is 1.17 bits per heavy atom. The van der Waals surface area contributed by atoms with Crippen molar-refractivity contribution in [2.75, 3.05) is 40.0 Å². The summed E-state index contributed by atoms with van der Waals surface area (Å²) in [5.74, 6) is 2.48. The molecule has 1 unspecified atom stereocenters. The number of ether oxygens (including phenoxy) is 2. The van der Waals surface area contributed by atoms with Crippen LogP contribution in [0.2, 0.25) is 0 Å². The van der Waals surface area contributed by atoms with E-state index in [1.54, 1.807) is 0 Å². The summed E-state index contributed by atoms with van der Waals surface area (Å²) in [6, 6.07) is 0.586. The van der Waals surface area contributed by atoms with Crippen LogP contribution in [0.25, 0.3) is 0 Å². The van der Waals surface area contributed by atoms with Gasteiger partial charge in [0.15, 0.2) is 5.96 Å². The minimum Gasteiger partial charge on any atom is -0.381 e. The van der Waals surface area contributed by atoms with Crippen molar-refractivity contribution in [2.45, 2.75) is 57.9 Å². The van der Waals surface area contributed by atoms with Crippen LogP contribution in [0.15, 0.2) is 4.99 Å². The summed E-state index contributed by atoms with van der Waals surface area (Å²) >= 11 is 0. The van der Waals surface area contributed by atoms with Crippen LogP contribution in [0.4, 0.5) is 0 Å². The molecule has 0 spiro atoms. The predicted molar refractivity (Wildman–Crippen MR) is 94.9 cm³/mol. The van der Waals surface area contributed by atoms with Crippen molar-refractivity contribution >= 4 is 5.96 Å². The molecule has 134 valence electrons. The molecule has 1 aliphatic heterocycles. The van der Waals surface area contributed by atoms with E-state index in [-0.39, 0.29) is 0 Å². The first-order chi connectivity index (χ1) is 11.3. The Bertz CT molecular complexity index is 335. The van der Waals surface area contributed by atoms with E-state index in [1.807, 2.05) is 7.05 Å². The Labute approximate surface area is 141 Å². The van der Waals surface area contributed by atoms with E-state index in [2.05, 4.69) is 22.5 Å². The molecule has 2 fully saturated rings. The topological polar surface area (TPSA) is 54.9 Å². The largest absolute Gasteiger partial charge is 0.381 e. The monoisotopic (exact) mass is 325 g/mol. The Kier molecular flexibility index (Phi) is 8.76. The summed E-state index contributed by atoms with van der Waals surface area (Å²) in [6.45, 7) is 6.63. The normalized spacial score (nSPS) is 28.8. The second kappa shape index (κ2) is 10.9. The first kappa shape index (κ1) is 18.5. The molecule has 2 rings (SSSR count). The maximum Gasteiger partial charge on any atom is 0.191 e. The van der Waals surface area contributed by atoms with Crippen LogP contribution in [0.5, 0.6) is 0 Å². The van der Waals surface area contributed by atoms with E-state index in [0.29, 0.717) is 12.0 Å². The lowest BCUT2D eigenvalue weighted by molar-refractivity contribution is 0.0888. The number of hydrogen-bond donors (Lipinski definition) is 2. The first-order valence-electron chi connectivity index (χ1n) is 9.44. The molecule has 0 aromatic rings. The molecule has 0 aromatic carbocycles. The third-order valence-corrected chi connectivity index (χ3v) is 5.12. The minimum absolute atomic E-state index is 0.586. The highest BCUT2D eigenvalue weighted by Crippen LogP contribution is 2.26. The molecule has 2 N–H and O–H groups in total. The highest BCUT2D eigenvalue weighted by molar-refractivity contribution is 5.79. The summed E-state index contributed by atoms with van der Waals surface area (Å²) in [4.78, 5) is 4.34. The van der Waals surface area contributed by atoms with Crippen LogP contribution < -0.4 is 10.6 Å². The standard InChI is InChI=1S/C18H35N3O2/c1-3-15-5-7-17(8-6-15)21-18(19-2)20-10-4-11-22-13-16-9-12-23-14-16/h15-17H,3-14H2,1-2H3,(H2,19,20,21). The molecule has 1 saturated heterocycles. The summed E-state index contributed by atoms with van der Waals surface area (Å²) in [7, 11) is 1.85. The Morgan fingerprint density at radius 2 is 2.00 bits per heavy atom. The molecule has 2 aliphatic rings. The molecule has 0 radical (unpaired) electrons. The fraction of sp³-hybridized carbons (Fsp3) is 0.944. The first-order valence-corrected chi connectivity index (χ1v) is 9.44.